The summed E-state index contributed by atoms with van der Waals surface area (Å²) >= 11 is 0. The molecule has 0 N–H and O–H groups in total. The maximum Gasteiger partial charge on any atom is 0.276 e. The lowest BCUT2D eigenvalue weighted by molar-refractivity contribution is 0.415. The Kier molecular flexibility index (Phi) is 3.98. The van der Waals surface area contributed by atoms with E-state index in [0.29, 0.717) is 5.69 Å². The first-order chi connectivity index (χ1) is 11.1. The minimum Gasteiger partial charge on any atom is -0.497 e. The zero-order valence-electron chi connectivity index (χ0n) is 13.4. The molecule has 3 aromatic rings. The van der Waals surface area contributed by atoms with Crippen LogP contribution in [0.3, 0.4) is 0 Å². The number of allylic oxidation sites excluding steroid dienone is 1. The maximum absolute atomic E-state index is 12.5. The number of fused-ring (bicyclic) bond motifs is 1. The summed E-state index contributed by atoms with van der Waals surface area (Å²) in [6, 6.07) is 15.4. The second-order valence-electron chi connectivity index (χ2n) is 5.41. The minimum atomic E-state index is -0.100. The van der Waals surface area contributed by atoms with Crippen LogP contribution in [0.4, 0.5) is 0 Å². The molecule has 0 saturated heterocycles. The molecule has 0 atom stereocenters. The lowest BCUT2D eigenvalue weighted by Crippen LogP contribution is -2.21. The number of hydrogen-bond donors (Lipinski definition) is 0. The highest BCUT2D eigenvalue weighted by molar-refractivity contribution is 5.82. The normalized spacial score (nSPS) is 11.7. The van der Waals surface area contributed by atoms with Gasteiger partial charge in [0.15, 0.2) is 0 Å². The van der Waals surface area contributed by atoms with Gasteiger partial charge in [0.2, 0.25) is 0 Å². The Hall–Kier alpha value is -2.88. The quantitative estimate of drug-likeness (QED) is 0.744. The molecule has 3 rings (SSSR count). The molecule has 1 heterocycles. The van der Waals surface area contributed by atoms with E-state index in [2.05, 4.69) is 4.98 Å². The molecule has 0 aliphatic rings. The maximum atomic E-state index is 12.5. The van der Waals surface area contributed by atoms with Crippen molar-refractivity contribution in [1.29, 1.82) is 0 Å². The first-order valence-electron chi connectivity index (χ1n) is 7.38. The van der Waals surface area contributed by atoms with E-state index < -0.39 is 0 Å². The summed E-state index contributed by atoms with van der Waals surface area (Å²) in [7, 11) is 3.41. The van der Waals surface area contributed by atoms with E-state index >= 15 is 0 Å². The molecule has 0 spiro atoms. The number of nitrogens with zero attached hydrogens (tertiary/aromatic N) is 2. The summed E-state index contributed by atoms with van der Waals surface area (Å²) in [6.45, 7) is 1.97. The molecular formula is C19H18N2O2. The Morgan fingerprint density at radius 3 is 2.52 bits per heavy atom. The highest BCUT2D eigenvalue weighted by Crippen LogP contribution is 2.20. The number of rotatable bonds is 3. The number of benzene rings is 2. The molecule has 116 valence electrons. The molecule has 0 unspecified atom stereocenters. The second-order valence-corrected chi connectivity index (χ2v) is 5.41. The lowest BCUT2D eigenvalue weighted by Gasteiger charge is -2.07. The van der Waals surface area contributed by atoms with Gasteiger partial charge < -0.3 is 9.30 Å². The Labute approximate surface area is 134 Å². The Morgan fingerprint density at radius 1 is 1.13 bits per heavy atom. The molecule has 4 nitrogen and oxygen atoms in total. The molecule has 0 fully saturated rings. The SMILES string of the molecule is COc1ccc(/C(C)=C\c2nc3ccccc3n(C)c2=O)cc1. The standard InChI is InChI=1S/C19H18N2O2/c1-13(14-8-10-15(23-3)11-9-14)12-17-19(22)21(2)18-7-5-4-6-16(18)20-17/h4-12H,1-3H3/b13-12-. The molecule has 0 saturated carbocycles. The molecule has 0 aliphatic heterocycles. The van der Waals surface area contributed by atoms with Crippen molar-refractivity contribution < 1.29 is 4.74 Å². The molecule has 1 aromatic heterocycles. The summed E-state index contributed by atoms with van der Waals surface area (Å²) in [4.78, 5) is 17.0. The van der Waals surface area contributed by atoms with Gasteiger partial charge in [0, 0.05) is 7.05 Å². The Bertz CT molecular complexity index is 938. The molecular weight excluding hydrogens is 288 g/mol. The van der Waals surface area contributed by atoms with Crippen LogP contribution < -0.4 is 10.3 Å². The fraction of sp³-hybridized carbons (Fsp3) is 0.158. The first kappa shape index (κ1) is 15.0. The molecule has 0 bridgehead atoms. The van der Waals surface area contributed by atoms with E-state index in [1.165, 1.54) is 0 Å². The number of aryl methyl sites for hydroxylation is 1. The van der Waals surface area contributed by atoms with Gasteiger partial charge in [-0.2, -0.15) is 0 Å². The van der Waals surface area contributed by atoms with Crippen LogP contribution in [-0.4, -0.2) is 16.7 Å². The summed E-state index contributed by atoms with van der Waals surface area (Å²) in [5.41, 5.74) is 3.99. The monoisotopic (exact) mass is 306 g/mol. The average Bonchev–Trinajstić information content (AvgIpc) is 2.59. The van der Waals surface area contributed by atoms with Crippen molar-refractivity contribution in [2.24, 2.45) is 7.05 Å². The van der Waals surface area contributed by atoms with Crippen molar-refractivity contribution in [2.45, 2.75) is 6.92 Å². The number of methoxy groups -OCH3 is 1. The lowest BCUT2D eigenvalue weighted by atomic mass is 10.1. The molecule has 2 aromatic carbocycles. The fourth-order valence-electron chi connectivity index (χ4n) is 2.54. The molecule has 0 aliphatic carbocycles. The third-order valence-corrected chi connectivity index (χ3v) is 3.91. The first-order valence-corrected chi connectivity index (χ1v) is 7.38. The van der Waals surface area contributed by atoms with Crippen molar-refractivity contribution in [1.82, 2.24) is 9.55 Å². The predicted molar refractivity (Wildman–Crippen MR) is 93.5 cm³/mol. The van der Waals surface area contributed by atoms with Crippen molar-refractivity contribution in [3.8, 4) is 5.75 Å². The number of ether oxygens (including phenoxy) is 1. The Morgan fingerprint density at radius 2 is 1.83 bits per heavy atom. The summed E-state index contributed by atoms with van der Waals surface area (Å²) in [5, 5.41) is 0. The highest BCUT2D eigenvalue weighted by Gasteiger charge is 2.07. The van der Waals surface area contributed by atoms with Crippen LogP contribution >= 0.6 is 0 Å². The minimum absolute atomic E-state index is 0.100. The van der Waals surface area contributed by atoms with E-state index in [1.54, 1.807) is 18.7 Å². The number of aromatic nitrogens is 2. The van der Waals surface area contributed by atoms with Crippen molar-refractivity contribution in [3.63, 3.8) is 0 Å². The van der Waals surface area contributed by atoms with Crippen LogP contribution in [0.1, 0.15) is 18.2 Å². The van der Waals surface area contributed by atoms with Crippen molar-refractivity contribution in [3.05, 3.63) is 70.1 Å². The van der Waals surface area contributed by atoms with E-state index in [1.807, 2.05) is 61.5 Å². The van der Waals surface area contributed by atoms with Gasteiger partial charge in [-0.15, -0.1) is 0 Å². The van der Waals surface area contributed by atoms with E-state index in [9.17, 15) is 4.79 Å². The Balaban J connectivity index is 2.08. The topological polar surface area (TPSA) is 44.1 Å². The molecule has 0 amide bonds. The number of hydrogen-bond acceptors (Lipinski definition) is 3. The van der Waals surface area contributed by atoms with Gasteiger partial charge in [0.25, 0.3) is 5.56 Å². The van der Waals surface area contributed by atoms with Gasteiger partial charge in [-0.1, -0.05) is 24.3 Å². The summed E-state index contributed by atoms with van der Waals surface area (Å²) in [6.07, 6.45) is 1.83. The van der Waals surface area contributed by atoms with Crippen molar-refractivity contribution in [2.75, 3.05) is 7.11 Å². The zero-order valence-corrected chi connectivity index (χ0v) is 13.4. The van der Waals surface area contributed by atoms with Gasteiger partial charge in [-0.05, 0) is 48.4 Å². The third kappa shape index (κ3) is 2.88. The van der Waals surface area contributed by atoms with Gasteiger partial charge >= 0.3 is 0 Å². The van der Waals surface area contributed by atoms with Gasteiger partial charge in [0.1, 0.15) is 11.4 Å². The largest absolute Gasteiger partial charge is 0.497 e. The van der Waals surface area contributed by atoms with E-state index in [-0.39, 0.29) is 5.56 Å². The zero-order chi connectivity index (χ0) is 16.4. The van der Waals surface area contributed by atoms with Gasteiger partial charge in [0.05, 0.1) is 18.1 Å². The number of para-hydroxylation sites is 2. The fourth-order valence-corrected chi connectivity index (χ4v) is 2.54. The van der Waals surface area contributed by atoms with Gasteiger partial charge in [-0.3, -0.25) is 4.79 Å². The predicted octanol–water partition coefficient (Wildman–Crippen LogP) is 3.50. The van der Waals surface area contributed by atoms with Crippen molar-refractivity contribution >= 4 is 22.7 Å². The smallest absolute Gasteiger partial charge is 0.276 e. The van der Waals surface area contributed by atoms with Crippen LogP contribution in [0.2, 0.25) is 0 Å². The van der Waals surface area contributed by atoms with Crippen LogP contribution in [0.5, 0.6) is 5.75 Å². The molecule has 23 heavy (non-hydrogen) atoms. The summed E-state index contributed by atoms with van der Waals surface area (Å²) < 4.78 is 6.80. The average molecular weight is 306 g/mol. The van der Waals surface area contributed by atoms with Crippen LogP contribution in [0.15, 0.2) is 53.3 Å². The van der Waals surface area contributed by atoms with Crippen LogP contribution in [-0.2, 0) is 7.05 Å². The second kappa shape index (κ2) is 6.08. The van der Waals surface area contributed by atoms with Crippen LogP contribution in [0, 0.1) is 0 Å². The molecule has 4 heteroatoms. The highest BCUT2D eigenvalue weighted by atomic mass is 16.5. The third-order valence-electron chi connectivity index (χ3n) is 3.91. The summed E-state index contributed by atoms with van der Waals surface area (Å²) in [5.74, 6) is 0.807. The van der Waals surface area contributed by atoms with E-state index in [0.717, 1.165) is 27.9 Å². The van der Waals surface area contributed by atoms with Gasteiger partial charge in [-0.25, -0.2) is 4.98 Å². The molecule has 0 radical (unpaired) electrons. The van der Waals surface area contributed by atoms with Crippen LogP contribution in [0.25, 0.3) is 22.7 Å². The van der Waals surface area contributed by atoms with E-state index in [4.69, 9.17) is 4.74 Å².